The molecule has 0 aliphatic carbocycles. The number of nitro benzene ring substituents is 1. The van der Waals surface area contributed by atoms with Crippen LogP contribution in [0.1, 0.15) is 5.56 Å². The molecule has 0 fully saturated rings. The molecular weight excluding hydrogens is 354 g/mol. The van der Waals surface area contributed by atoms with E-state index in [2.05, 4.69) is 15.9 Å². The van der Waals surface area contributed by atoms with Crippen molar-refractivity contribution in [3.63, 3.8) is 0 Å². The maximum Gasteiger partial charge on any atom is 0.270 e. The fourth-order valence-corrected chi connectivity index (χ4v) is 2.29. The van der Waals surface area contributed by atoms with Gasteiger partial charge in [0.15, 0.2) is 0 Å². The summed E-state index contributed by atoms with van der Waals surface area (Å²) in [6.07, 6.45) is 0. The Morgan fingerprint density at radius 3 is 2.14 bits per heavy atom. The van der Waals surface area contributed by atoms with Crippen LogP contribution in [0.4, 0.5) is 5.69 Å². The molecule has 0 aliphatic rings. The summed E-state index contributed by atoms with van der Waals surface area (Å²) >= 11 is 3.31. The fraction of sp³-hybridized carbons (Fsp3) is 0.200. The molecule has 6 nitrogen and oxygen atoms in total. The minimum Gasteiger partial charge on any atom is -0.496 e. The van der Waals surface area contributed by atoms with Crippen LogP contribution in [0.25, 0.3) is 0 Å². The highest BCUT2D eigenvalue weighted by Crippen LogP contribution is 2.34. The zero-order chi connectivity index (χ0) is 16.1. The van der Waals surface area contributed by atoms with Gasteiger partial charge in [0.05, 0.1) is 19.1 Å². The molecule has 0 aliphatic heterocycles. The Bertz CT molecular complexity index is 667. The summed E-state index contributed by atoms with van der Waals surface area (Å²) in [5.41, 5.74) is 0.695. The standard InChI is InChI=1S/C15H14BrNO5/c1-20-12-6-13(21-2)8-14(7-12)22-15-4-3-11(17(18)19)5-10(15)9-16/h3-8H,9H2,1-2H3. The second-order valence-electron chi connectivity index (χ2n) is 4.33. The van der Waals surface area contributed by atoms with E-state index in [4.69, 9.17) is 14.2 Å². The molecular formula is C15H14BrNO5. The number of halogens is 1. The SMILES string of the molecule is COc1cc(OC)cc(Oc2ccc([N+](=O)[O-])cc2CBr)c1. The topological polar surface area (TPSA) is 70.8 Å². The lowest BCUT2D eigenvalue weighted by atomic mass is 10.2. The van der Waals surface area contributed by atoms with Crippen LogP contribution < -0.4 is 14.2 Å². The molecule has 0 radical (unpaired) electrons. The maximum absolute atomic E-state index is 10.8. The molecule has 0 aromatic heterocycles. The minimum atomic E-state index is -0.440. The number of hydrogen-bond donors (Lipinski definition) is 0. The van der Waals surface area contributed by atoms with E-state index in [1.807, 2.05) is 0 Å². The Kier molecular flexibility index (Phi) is 5.21. The number of rotatable bonds is 6. The Hall–Kier alpha value is -2.28. The van der Waals surface area contributed by atoms with Crippen LogP contribution in [0, 0.1) is 10.1 Å². The van der Waals surface area contributed by atoms with Crippen molar-refractivity contribution in [2.24, 2.45) is 0 Å². The fourth-order valence-electron chi connectivity index (χ4n) is 1.85. The van der Waals surface area contributed by atoms with E-state index in [0.717, 1.165) is 0 Å². The van der Waals surface area contributed by atoms with E-state index in [9.17, 15) is 10.1 Å². The first-order valence-corrected chi connectivity index (χ1v) is 7.43. The molecule has 0 saturated heterocycles. The first-order chi connectivity index (χ1) is 10.6. The van der Waals surface area contributed by atoms with Crippen LogP contribution in [0.5, 0.6) is 23.0 Å². The van der Waals surface area contributed by atoms with E-state index in [1.54, 1.807) is 38.5 Å². The average molecular weight is 368 g/mol. The molecule has 2 rings (SSSR count). The highest BCUT2D eigenvalue weighted by Gasteiger charge is 2.12. The average Bonchev–Trinajstić information content (AvgIpc) is 2.54. The van der Waals surface area contributed by atoms with Crippen LogP contribution in [0.3, 0.4) is 0 Å². The van der Waals surface area contributed by atoms with Gasteiger partial charge in [-0.15, -0.1) is 0 Å². The summed E-state index contributed by atoms with van der Waals surface area (Å²) in [6, 6.07) is 9.60. The molecule has 0 heterocycles. The smallest absolute Gasteiger partial charge is 0.270 e. The normalized spacial score (nSPS) is 10.1. The molecule has 0 unspecified atom stereocenters. The maximum atomic E-state index is 10.8. The Labute approximate surface area is 135 Å². The van der Waals surface area contributed by atoms with Gasteiger partial charge in [-0.2, -0.15) is 0 Å². The molecule has 22 heavy (non-hydrogen) atoms. The monoisotopic (exact) mass is 367 g/mol. The van der Waals surface area contributed by atoms with Crippen molar-refractivity contribution >= 4 is 21.6 Å². The molecule has 116 valence electrons. The van der Waals surface area contributed by atoms with Crippen molar-refractivity contribution in [2.75, 3.05) is 14.2 Å². The van der Waals surface area contributed by atoms with Gasteiger partial charge in [0.25, 0.3) is 5.69 Å². The number of alkyl halides is 1. The van der Waals surface area contributed by atoms with Gasteiger partial charge in [0.2, 0.25) is 0 Å². The van der Waals surface area contributed by atoms with E-state index in [-0.39, 0.29) is 5.69 Å². The summed E-state index contributed by atoms with van der Waals surface area (Å²) < 4.78 is 16.2. The highest BCUT2D eigenvalue weighted by molar-refractivity contribution is 9.08. The molecule has 0 saturated carbocycles. The zero-order valence-corrected chi connectivity index (χ0v) is 13.6. The predicted molar refractivity (Wildman–Crippen MR) is 85.3 cm³/mol. The lowest BCUT2D eigenvalue weighted by Gasteiger charge is -2.12. The summed E-state index contributed by atoms with van der Waals surface area (Å²) in [4.78, 5) is 10.4. The molecule has 7 heteroatoms. The summed E-state index contributed by atoms with van der Waals surface area (Å²) in [7, 11) is 3.10. The number of non-ortho nitro benzene ring substituents is 1. The van der Waals surface area contributed by atoms with Crippen molar-refractivity contribution in [3.8, 4) is 23.0 Å². The number of nitro groups is 1. The molecule has 2 aromatic carbocycles. The number of benzene rings is 2. The summed E-state index contributed by atoms with van der Waals surface area (Å²) in [5.74, 6) is 2.23. The second kappa shape index (κ2) is 7.13. The quantitative estimate of drug-likeness (QED) is 0.432. The lowest BCUT2D eigenvalue weighted by Crippen LogP contribution is -1.94. The van der Waals surface area contributed by atoms with Gasteiger partial charge in [-0.3, -0.25) is 10.1 Å². The zero-order valence-electron chi connectivity index (χ0n) is 12.0. The number of ether oxygens (including phenoxy) is 3. The third-order valence-corrected chi connectivity index (χ3v) is 3.56. The van der Waals surface area contributed by atoms with Crippen LogP contribution >= 0.6 is 15.9 Å². The van der Waals surface area contributed by atoms with Gasteiger partial charge >= 0.3 is 0 Å². The molecule has 0 spiro atoms. The predicted octanol–water partition coefficient (Wildman–Crippen LogP) is 4.30. The number of methoxy groups -OCH3 is 2. The van der Waals surface area contributed by atoms with Crippen LogP contribution in [0.2, 0.25) is 0 Å². The van der Waals surface area contributed by atoms with E-state index >= 15 is 0 Å². The molecule has 0 N–H and O–H groups in total. The molecule has 0 amide bonds. The van der Waals surface area contributed by atoms with Gasteiger partial charge in [-0.25, -0.2) is 0 Å². The Morgan fingerprint density at radius 2 is 1.64 bits per heavy atom. The van der Waals surface area contributed by atoms with Gasteiger partial charge in [0.1, 0.15) is 23.0 Å². The molecule has 0 atom stereocenters. The van der Waals surface area contributed by atoms with E-state index in [1.165, 1.54) is 12.1 Å². The lowest BCUT2D eigenvalue weighted by molar-refractivity contribution is -0.384. The molecule has 2 aromatic rings. The van der Waals surface area contributed by atoms with Gasteiger partial charge in [0, 0.05) is 41.2 Å². The van der Waals surface area contributed by atoms with Crippen LogP contribution in [0.15, 0.2) is 36.4 Å². The molecule has 0 bridgehead atoms. The Balaban J connectivity index is 2.36. The second-order valence-corrected chi connectivity index (χ2v) is 4.89. The third-order valence-electron chi connectivity index (χ3n) is 2.95. The van der Waals surface area contributed by atoms with Crippen molar-refractivity contribution in [3.05, 3.63) is 52.1 Å². The number of nitrogens with zero attached hydrogens (tertiary/aromatic N) is 1. The summed E-state index contributed by atoms with van der Waals surface area (Å²) in [5, 5.41) is 11.3. The van der Waals surface area contributed by atoms with Crippen LogP contribution in [-0.2, 0) is 5.33 Å². The summed E-state index contributed by atoms with van der Waals surface area (Å²) in [6.45, 7) is 0. The van der Waals surface area contributed by atoms with E-state index in [0.29, 0.717) is 33.9 Å². The Morgan fingerprint density at radius 1 is 1.05 bits per heavy atom. The van der Waals surface area contributed by atoms with Crippen molar-refractivity contribution in [1.82, 2.24) is 0 Å². The van der Waals surface area contributed by atoms with Crippen LogP contribution in [-0.4, -0.2) is 19.1 Å². The third kappa shape index (κ3) is 3.67. The van der Waals surface area contributed by atoms with Gasteiger partial charge in [-0.1, -0.05) is 15.9 Å². The van der Waals surface area contributed by atoms with Crippen molar-refractivity contribution < 1.29 is 19.1 Å². The van der Waals surface area contributed by atoms with Gasteiger partial charge < -0.3 is 14.2 Å². The first kappa shape index (κ1) is 16.1. The van der Waals surface area contributed by atoms with Gasteiger partial charge in [-0.05, 0) is 6.07 Å². The van der Waals surface area contributed by atoms with Crippen molar-refractivity contribution in [1.29, 1.82) is 0 Å². The largest absolute Gasteiger partial charge is 0.496 e. The first-order valence-electron chi connectivity index (χ1n) is 6.31. The van der Waals surface area contributed by atoms with Crippen molar-refractivity contribution in [2.45, 2.75) is 5.33 Å². The highest BCUT2D eigenvalue weighted by atomic mass is 79.9. The van der Waals surface area contributed by atoms with E-state index < -0.39 is 4.92 Å². The minimum absolute atomic E-state index is 0.0185. The number of hydrogen-bond acceptors (Lipinski definition) is 5.